The molecule has 0 spiro atoms. The maximum absolute atomic E-state index is 13.1. The molecule has 3 aromatic rings. The molecule has 5 nitrogen and oxygen atoms in total. The van der Waals surface area contributed by atoms with Crippen LogP contribution in [0.5, 0.6) is 0 Å². The zero-order valence-corrected chi connectivity index (χ0v) is 17.1. The molecule has 0 atom stereocenters. The van der Waals surface area contributed by atoms with E-state index in [1.165, 1.54) is 24.3 Å². The van der Waals surface area contributed by atoms with E-state index in [0.717, 1.165) is 24.7 Å². The molecule has 168 valence electrons. The van der Waals surface area contributed by atoms with Gasteiger partial charge in [0.05, 0.1) is 16.6 Å². The fraction of sp³-hybridized carbons (Fsp3) is 0.304. The van der Waals surface area contributed by atoms with Gasteiger partial charge in [0.1, 0.15) is 5.82 Å². The summed E-state index contributed by atoms with van der Waals surface area (Å²) in [4.78, 5) is 31.3. The van der Waals surface area contributed by atoms with E-state index >= 15 is 0 Å². The number of alkyl halides is 3. The van der Waals surface area contributed by atoms with Crippen LogP contribution in [0.4, 0.5) is 17.6 Å². The van der Waals surface area contributed by atoms with Crippen molar-refractivity contribution in [3.8, 4) is 0 Å². The number of halogens is 4. The number of ketones is 1. The van der Waals surface area contributed by atoms with Gasteiger partial charge in [-0.2, -0.15) is 13.2 Å². The predicted octanol–water partition coefficient (Wildman–Crippen LogP) is 4.05. The lowest BCUT2D eigenvalue weighted by Crippen LogP contribution is -2.49. The number of aromatic nitrogens is 1. The number of carbonyl (C=O) groups is 2. The monoisotopic (exact) mass is 447 g/mol. The van der Waals surface area contributed by atoms with Crippen LogP contribution in [0.3, 0.4) is 0 Å². The molecule has 1 saturated heterocycles. The number of H-pyrrole nitrogens is 1. The highest BCUT2D eigenvalue weighted by Crippen LogP contribution is 2.29. The van der Waals surface area contributed by atoms with Crippen molar-refractivity contribution in [1.82, 2.24) is 14.8 Å². The van der Waals surface area contributed by atoms with Crippen LogP contribution in [0.15, 0.2) is 48.7 Å². The first-order valence-electron chi connectivity index (χ1n) is 10.2. The minimum absolute atomic E-state index is 0.0797. The molecule has 0 radical (unpaired) electrons. The third-order valence-corrected chi connectivity index (χ3v) is 5.74. The van der Waals surface area contributed by atoms with Crippen LogP contribution in [0, 0.1) is 5.82 Å². The second-order valence-corrected chi connectivity index (χ2v) is 7.77. The number of hydrogen-bond donors (Lipinski definition) is 1. The smallest absolute Gasteiger partial charge is 0.360 e. The molecule has 0 bridgehead atoms. The Bertz CT molecular complexity index is 1130. The number of para-hydroxylation sites is 1. The Hall–Kier alpha value is -3.20. The number of benzene rings is 2. The van der Waals surface area contributed by atoms with Gasteiger partial charge in [0, 0.05) is 44.3 Å². The highest BCUT2D eigenvalue weighted by Gasteiger charge is 2.40. The van der Waals surface area contributed by atoms with Crippen LogP contribution in [0.1, 0.15) is 26.3 Å². The van der Waals surface area contributed by atoms with Gasteiger partial charge in [0.25, 0.3) is 11.7 Å². The minimum atomic E-state index is -4.99. The van der Waals surface area contributed by atoms with Gasteiger partial charge >= 0.3 is 6.18 Å². The van der Waals surface area contributed by atoms with E-state index in [2.05, 4.69) is 9.88 Å². The largest absolute Gasteiger partial charge is 0.454 e. The van der Waals surface area contributed by atoms with Crippen molar-refractivity contribution < 1.29 is 27.2 Å². The maximum Gasteiger partial charge on any atom is 0.454 e. The predicted molar refractivity (Wildman–Crippen MR) is 111 cm³/mol. The number of carbonyl (C=O) groups excluding carboxylic acids is 2. The topological polar surface area (TPSA) is 56.4 Å². The second kappa shape index (κ2) is 8.74. The molecule has 32 heavy (non-hydrogen) atoms. The molecule has 0 aliphatic carbocycles. The SMILES string of the molecule is O=C(c1cccc2c(C(=O)C(F)(F)F)c[nH]c12)N1CCN(CCc2ccc(F)cc2)CC1. The second-order valence-electron chi connectivity index (χ2n) is 7.77. The van der Waals surface area contributed by atoms with E-state index in [0.29, 0.717) is 26.2 Å². The third-order valence-electron chi connectivity index (χ3n) is 5.74. The van der Waals surface area contributed by atoms with Crippen molar-refractivity contribution in [1.29, 1.82) is 0 Å². The lowest BCUT2D eigenvalue weighted by Gasteiger charge is -2.34. The molecule has 0 saturated carbocycles. The normalized spacial score (nSPS) is 15.3. The van der Waals surface area contributed by atoms with Gasteiger partial charge in [-0.25, -0.2) is 4.39 Å². The number of Topliss-reactive ketones (excluding diaryl/α,β-unsaturated/α-hetero) is 1. The van der Waals surface area contributed by atoms with Gasteiger partial charge in [0.15, 0.2) is 0 Å². The summed E-state index contributed by atoms with van der Waals surface area (Å²) < 4.78 is 51.6. The average molecular weight is 447 g/mol. The standard InChI is InChI=1S/C23H21F4N3O2/c24-16-6-4-15(5-7-16)8-9-29-10-12-30(13-11-29)22(32)18-3-1-2-17-19(14-28-20(17)18)21(31)23(25,26)27/h1-7,14,28H,8-13H2. The minimum Gasteiger partial charge on any atom is -0.360 e. The van der Waals surface area contributed by atoms with Crippen LogP contribution in [-0.2, 0) is 6.42 Å². The maximum atomic E-state index is 13.1. The number of hydrogen-bond acceptors (Lipinski definition) is 3. The van der Waals surface area contributed by atoms with Crippen LogP contribution in [0.2, 0.25) is 0 Å². The highest BCUT2D eigenvalue weighted by atomic mass is 19.4. The van der Waals surface area contributed by atoms with Crippen LogP contribution < -0.4 is 0 Å². The van der Waals surface area contributed by atoms with E-state index in [1.807, 2.05) is 0 Å². The Morgan fingerprint density at radius 3 is 2.28 bits per heavy atom. The van der Waals surface area contributed by atoms with Crippen molar-refractivity contribution in [3.63, 3.8) is 0 Å². The Morgan fingerprint density at radius 1 is 0.938 bits per heavy atom. The average Bonchev–Trinajstić information content (AvgIpc) is 3.21. The number of nitrogens with one attached hydrogen (secondary N) is 1. The summed E-state index contributed by atoms with van der Waals surface area (Å²) in [7, 11) is 0. The van der Waals surface area contributed by atoms with Crippen LogP contribution in [-0.4, -0.2) is 65.4 Å². The molecule has 1 aromatic heterocycles. The first-order chi connectivity index (χ1) is 15.2. The summed E-state index contributed by atoms with van der Waals surface area (Å²) in [5, 5.41) is 0.0797. The van der Waals surface area contributed by atoms with Crippen molar-refractivity contribution in [2.75, 3.05) is 32.7 Å². The fourth-order valence-corrected chi connectivity index (χ4v) is 3.96. The number of amides is 1. The van der Waals surface area contributed by atoms with Crippen LogP contribution >= 0.6 is 0 Å². The van der Waals surface area contributed by atoms with Crippen molar-refractivity contribution in [2.24, 2.45) is 0 Å². The number of piperazine rings is 1. The molecule has 1 amide bonds. The van der Waals surface area contributed by atoms with Crippen LogP contribution in [0.25, 0.3) is 10.9 Å². The number of aromatic amines is 1. The fourth-order valence-electron chi connectivity index (χ4n) is 3.96. The molecule has 9 heteroatoms. The lowest BCUT2D eigenvalue weighted by atomic mass is 10.0. The van der Waals surface area contributed by atoms with Gasteiger partial charge in [0.2, 0.25) is 0 Å². The number of fused-ring (bicyclic) bond motifs is 1. The summed E-state index contributed by atoms with van der Waals surface area (Å²) >= 11 is 0. The summed E-state index contributed by atoms with van der Waals surface area (Å²) in [6.07, 6.45) is -3.21. The molecule has 0 unspecified atom stereocenters. The summed E-state index contributed by atoms with van der Waals surface area (Å²) in [5.41, 5.74) is 1.01. The zero-order chi connectivity index (χ0) is 22.9. The first kappa shape index (κ1) is 22.0. The molecule has 2 aromatic carbocycles. The molecular weight excluding hydrogens is 426 g/mol. The van der Waals surface area contributed by atoms with Gasteiger partial charge in [-0.3, -0.25) is 14.5 Å². The molecule has 2 heterocycles. The van der Waals surface area contributed by atoms with E-state index in [1.54, 1.807) is 23.1 Å². The van der Waals surface area contributed by atoms with Gasteiger partial charge in [-0.1, -0.05) is 24.3 Å². The Morgan fingerprint density at radius 2 is 1.62 bits per heavy atom. The van der Waals surface area contributed by atoms with Crippen molar-refractivity contribution >= 4 is 22.6 Å². The summed E-state index contributed by atoms with van der Waals surface area (Å²) in [6, 6.07) is 10.8. The Labute approximate surface area is 181 Å². The summed E-state index contributed by atoms with van der Waals surface area (Å²) in [6.45, 7) is 3.06. The Balaban J connectivity index is 1.41. The van der Waals surface area contributed by atoms with Crippen molar-refractivity contribution in [3.05, 3.63) is 71.2 Å². The molecule has 1 fully saturated rings. The number of rotatable bonds is 5. The van der Waals surface area contributed by atoms with E-state index in [9.17, 15) is 27.2 Å². The molecule has 4 rings (SSSR count). The first-order valence-corrected chi connectivity index (χ1v) is 10.2. The molecule has 1 aliphatic rings. The third kappa shape index (κ3) is 4.52. The van der Waals surface area contributed by atoms with Gasteiger partial charge in [-0.05, 0) is 30.2 Å². The van der Waals surface area contributed by atoms with Crippen molar-refractivity contribution in [2.45, 2.75) is 12.6 Å². The lowest BCUT2D eigenvalue weighted by molar-refractivity contribution is -0.0884. The summed E-state index contributed by atoms with van der Waals surface area (Å²) in [5.74, 6) is -2.50. The van der Waals surface area contributed by atoms with Gasteiger partial charge < -0.3 is 9.88 Å². The quantitative estimate of drug-likeness (QED) is 0.474. The van der Waals surface area contributed by atoms with Gasteiger partial charge in [-0.15, -0.1) is 0 Å². The Kier molecular flexibility index (Phi) is 6.01. The molecule has 1 aliphatic heterocycles. The molecular formula is C23H21F4N3O2. The van der Waals surface area contributed by atoms with E-state index in [-0.39, 0.29) is 28.2 Å². The van der Waals surface area contributed by atoms with E-state index in [4.69, 9.17) is 0 Å². The van der Waals surface area contributed by atoms with E-state index < -0.39 is 17.5 Å². The molecule has 1 N–H and O–H groups in total. The zero-order valence-electron chi connectivity index (χ0n) is 17.1. The highest BCUT2D eigenvalue weighted by molar-refractivity contribution is 6.14. The number of nitrogens with zero attached hydrogens (tertiary/aromatic N) is 2.